The van der Waals surface area contributed by atoms with Crippen molar-refractivity contribution in [1.82, 2.24) is 14.5 Å². The molecule has 4 N–H and O–H groups in total. The maximum atomic E-state index is 10.3. The first-order chi connectivity index (χ1) is 13.2. The van der Waals surface area contributed by atoms with Crippen LogP contribution in [0.5, 0.6) is 0 Å². The third-order valence-corrected chi connectivity index (χ3v) is 5.72. The van der Waals surface area contributed by atoms with Crippen molar-refractivity contribution in [2.45, 2.75) is 75.5 Å². The van der Waals surface area contributed by atoms with Gasteiger partial charge < -0.3 is 25.4 Å². The Labute approximate surface area is 158 Å². The van der Waals surface area contributed by atoms with Gasteiger partial charge in [-0.15, -0.1) is 0 Å². The number of imidazole rings is 1. The molecule has 0 bridgehead atoms. The molecule has 1 aliphatic heterocycles. The molecular weight excluding hydrogens is 348 g/mol. The fourth-order valence-corrected chi connectivity index (χ4v) is 4.17. The highest BCUT2D eigenvalue weighted by Gasteiger charge is 2.44. The highest BCUT2D eigenvalue weighted by Crippen LogP contribution is 2.33. The molecule has 2 aliphatic rings. The lowest BCUT2D eigenvalue weighted by molar-refractivity contribution is -0.0511. The lowest BCUT2D eigenvalue weighted by atomic mass is 9.96. The molecule has 2 aromatic heterocycles. The molecular formula is C19H28N4O4. The molecule has 0 radical (unpaired) electrons. The smallest absolute Gasteiger partial charge is 0.165 e. The van der Waals surface area contributed by atoms with Gasteiger partial charge in [-0.25, -0.2) is 9.97 Å². The van der Waals surface area contributed by atoms with Gasteiger partial charge in [0.2, 0.25) is 0 Å². The molecule has 0 amide bonds. The number of nitrogens with one attached hydrogen (secondary N) is 1. The standard InChI is InChI=1S/C19H28N4O4/c24-10-14-16(25)17(26)19(27-14)23-11-21-15-13(8-9-20-18(15)23)22-12-6-4-2-1-3-5-7-12/h8-9,11-12,14,16-17,19,24-26H,1-7,10H2,(H,20,22)/t14-,16-,17-,19?/m1/s1. The first-order valence-corrected chi connectivity index (χ1v) is 9.89. The van der Waals surface area contributed by atoms with Crippen molar-refractivity contribution in [2.24, 2.45) is 0 Å². The van der Waals surface area contributed by atoms with Crippen LogP contribution in [0.2, 0.25) is 0 Å². The quantitative estimate of drug-likeness (QED) is 0.641. The number of pyridine rings is 1. The molecule has 1 saturated carbocycles. The SMILES string of the molecule is OC[C@H]1OC(n2cnc3c(NC4CCCCCCC4)ccnc32)[C@H](O)[C@@H]1O. The van der Waals surface area contributed by atoms with Crippen LogP contribution < -0.4 is 5.32 Å². The van der Waals surface area contributed by atoms with Gasteiger partial charge in [0.25, 0.3) is 0 Å². The molecule has 2 fully saturated rings. The molecule has 2 aromatic rings. The lowest BCUT2D eigenvalue weighted by Gasteiger charge is -2.22. The van der Waals surface area contributed by atoms with E-state index >= 15 is 0 Å². The molecule has 0 aromatic carbocycles. The summed E-state index contributed by atoms with van der Waals surface area (Å²) in [6.45, 7) is -0.358. The number of nitrogens with zero attached hydrogens (tertiary/aromatic N) is 3. The van der Waals surface area contributed by atoms with E-state index in [0.717, 1.165) is 24.0 Å². The number of aliphatic hydroxyl groups excluding tert-OH is 3. The number of aliphatic hydroxyl groups is 3. The minimum Gasteiger partial charge on any atom is -0.394 e. The van der Waals surface area contributed by atoms with Crippen LogP contribution in [0.25, 0.3) is 11.2 Å². The van der Waals surface area contributed by atoms with E-state index in [0.29, 0.717) is 11.7 Å². The third-order valence-electron chi connectivity index (χ3n) is 5.72. The molecule has 8 heteroatoms. The van der Waals surface area contributed by atoms with Gasteiger partial charge in [0, 0.05) is 12.2 Å². The topological polar surface area (TPSA) is 113 Å². The Kier molecular flexibility index (Phi) is 5.58. The average Bonchev–Trinajstić information content (AvgIpc) is 3.20. The summed E-state index contributed by atoms with van der Waals surface area (Å²) in [6.07, 6.45) is 8.05. The Morgan fingerprint density at radius 2 is 1.81 bits per heavy atom. The molecule has 8 nitrogen and oxygen atoms in total. The van der Waals surface area contributed by atoms with E-state index in [-0.39, 0.29) is 6.61 Å². The van der Waals surface area contributed by atoms with E-state index < -0.39 is 24.5 Å². The van der Waals surface area contributed by atoms with Crippen molar-refractivity contribution in [3.8, 4) is 0 Å². The number of aromatic nitrogens is 3. The Hall–Kier alpha value is -1.74. The van der Waals surface area contributed by atoms with Crippen molar-refractivity contribution >= 4 is 16.9 Å². The summed E-state index contributed by atoms with van der Waals surface area (Å²) in [7, 11) is 0. The van der Waals surface area contributed by atoms with Crippen molar-refractivity contribution in [3.63, 3.8) is 0 Å². The fraction of sp³-hybridized carbons (Fsp3) is 0.684. The maximum Gasteiger partial charge on any atom is 0.165 e. The summed E-state index contributed by atoms with van der Waals surface area (Å²) >= 11 is 0. The molecule has 27 heavy (non-hydrogen) atoms. The number of hydrogen-bond donors (Lipinski definition) is 4. The van der Waals surface area contributed by atoms with Crippen LogP contribution in [0.1, 0.15) is 51.2 Å². The predicted octanol–water partition coefficient (Wildman–Crippen LogP) is 1.57. The fourth-order valence-electron chi connectivity index (χ4n) is 4.17. The van der Waals surface area contributed by atoms with Gasteiger partial charge in [0.05, 0.1) is 18.6 Å². The zero-order valence-corrected chi connectivity index (χ0v) is 15.4. The first-order valence-electron chi connectivity index (χ1n) is 9.89. The number of anilines is 1. The monoisotopic (exact) mass is 376 g/mol. The van der Waals surface area contributed by atoms with E-state index in [2.05, 4.69) is 15.3 Å². The molecule has 1 saturated heterocycles. The number of fused-ring (bicyclic) bond motifs is 1. The van der Waals surface area contributed by atoms with Gasteiger partial charge in [0.1, 0.15) is 23.8 Å². The highest BCUT2D eigenvalue weighted by atomic mass is 16.6. The zero-order chi connectivity index (χ0) is 18.8. The second-order valence-electron chi connectivity index (χ2n) is 7.60. The normalized spacial score (nSPS) is 30.3. The molecule has 3 heterocycles. The van der Waals surface area contributed by atoms with E-state index in [9.17, 15) is 15.3 Å². The van der Waals surface area contributed by atoms with E-state index in [1.165, 1.54) is 32.1 Å². The van der Waals surface area contributed by atoms with Crippen LogP contribution >= 0.6 is 0 Å². The van der Waals surface area contributed by atoms with Crippen LogP contribution in [0.4, 0.5) is 5.69 Å². The summed E-state index contributed by atoms with van der Waals surface area (Å²) in [4.78, 5) is 8.89. The minimum absolute atomic E-state index is 0.358. The van der Waals surface area contributed by atoms with Gasteiger partial charge in [0.15, 0.2) is 11.9 Å². The van der Waals surface area contributed by atoms with E-state index in [1.807, 2.05) is 6.07 Å². The van der Waals surface area contributed by atoms with Crippen LogP contribution in [0, 0.1) is 0 Å². The number of hydrogen-bond acceptors (Lipinski definition) is 7. The van der Waals surface area contributed by atoms with Gasteiger partial charge in [-0.2, -0.15) is 0 Å². The highest BCUT2D eigenvalue weighted by molar-refractivity contribution is 5.85. The first kappa shape index (κ1) is 18.6. The van der Waals surface area contributed by atoms with Crippen LogP contribution in [-0.4, -0.2) is 60.8 Å². The van der Waals surface area contributed by atoms with Gasteiger partial charge >= 0.3 is 0 Å². The van der Waals surface area contributed by atoms with Gasteiger partial charge in [-0.1, -0.05) is 32.1 Å². The van der Waals surface area contributed by atoms with E-state index in [1.54, 1.807) is 17.1 Å². The lowest BCUT2D eigenvalue weighted by Crippen LogP contribution is -2.33. The molecule has 1 unspecified atom stereocenters. The maximum absolute atomic E-state index is 10.3. The summed E-state index contributed by atoms with van der Waals surface area (Å²) in [5.41, 5.74) is 2.23. The Balaban J connectivity index is 1.58. The minimum atomic E-state index is -1.15. The average molecular weight is 376 g/mol. The molecule has 1 aliphatic carbocycles. The van der Waals surface area contributed by atoms with Crippen LogP contribution in [0.3, 0.4) is 0 Å². The number of rotatable bonds is 4. The van der Waals surface area contributed by atoms with Crippen LogP contribution in [0.15, 0.2) is 18.6 Å². The van der Waals surface area contributed by atoms with Crippen molar-refractivity contribution < 1.29 is 20.1 Å². The zero-order valence-electron chi connectivity index (χ0n) is 15.4. The van der Waals surface area contributed by atoms with Crippen molar-refractivity contribution in [3.05, 3.63) is 18.6 Å². The summed E-state index contributed by atoms with van der Waals surface area (Å²) in [5, 5.41) is 33.3. The van der Waals surface area contributed by atoms with E-state index in [4.69, 9.17) is 4.74 Å². The molecule has 4 rings (SSSR count). The van der Waals surface area contributed by atoms with Crippen molar-refractivity contribution in [2.75, 3.05) is 11.9 Å². The predicted molar refractivity (Wildman–Crippen MR) is 100 cm³/mol. The summed E-state index contributed by atoms with van der Waals surface area (Å²) in [6, 6.07) is 2.35. The second kappa shape index (κ2) is 8.10. The Morgan fingerprint density at radius 3 is 2.52 bits per heavy atom. The summed E-state index contributed by atoms with van der Waals surface area (Å²) < 4.78 is 7.25. The molecule has 148 valence electrons. The second-order valence-corrected chi connectivity index (χ2v) is 7.60. The third kappa shape index (κ3) is 3.67. The summed E-state index contributed by atoms with van der Waals surface area (Å²) in [5.74, 6) is 0. The van der Waals surface area contributed by atoms with Crippen LogP contribution in [-0.2, 0) is 4.74 Å². The molecule has 4 atom stereocenters. The molecule has 0 spiro atoms. The van der Waals surface area contributed by atoms with Crippen molar-refractivity contribution in [1.29, 1.82) is 0 Å². The number of ether oxygens (including phenoxy) is 1. The van der Waals surface area contributed by atoms with Gasteiger partial charge in [-0.3, -0.25) is 4.57 Å². The Bertz CT molecular complexity index is 759. The van der Waals surface area contributed by atoms with Gasteiger partial charge in [-0.05, 0) is 18.9 Å². The Morgan fingerprint density at radius 1 is 1.07 bits per heavy atom. The largest absolute Gasteiger partial charge is 0.394 e.